The summed E-state index contributed by atoms with van der Waals surface area (Å²) in [6.07, 6.45) is 6.60. The molecule has 2 fully saturated rings. The Hall–Kier alpha value is -1.08. The summed E-state index contributed by atoms with van der Waals surface area (Å²) in [6.45, 7) is 2.79. The number of likely N-dealkylation sites (tertiary alicyclic amines) is 1. The Kier molecular flexibility index (Phi) is 4.01. The zero-order valence-electron chi connectivity index (χ0n) is 10.5. The van der Waals surface area contributed by atoms with Gasteiger partial charge >= 0.3 is 0 Å². The van der Waals surface area contributed by atoms with E-state index < -0.39 is 0 Å². The standard InChI is InChI=1S/C13H21N3O/c1-10(16-8-4-7-12(16)9-14)13(17)15-11-5-2-3-6-11/h10-12H,2-8H2,1H3,(H,15,17). The lowest BCUT2D eigenvalue weighted by molar-refractivity contribution is -0.126. The first-order valence-electron chi connectivity index (χ1n) is 6.68. The molecule has 94 valence electrons. The third-order valence-electron chi connectivity index (χ3n) is 4.02. The van der Waals surface area contributed by atoms with Crippen molar-refractivity contribution >= 4 is 5.91 Å². The maximum atomic E-state index is 12.1. The molecule has 0 aromatic carbocycles. The topological polar surface area (TPSA) is 56.1 Å². The van der Waals surface area contributed by atoms with E-state index in [1.165, 1.54) is 12.8 Å². The number of carbonyl (C=O) groups is 1. The minimum atomic E-state index is -0.164. The van der Waals surface area contributed by atoms with Gasteiger partial charge in [0.15, 0.2) is 0 Å². The van der Waals surface area contributed by atoms with Crippen molar-refractivity contribution in [3.05, 3.63) is 0 Å². The van der Waals surface area contributed by atoms with Crippen molar-refractivity contribution in [2.45, 2.75) is 63.6 Å². The smallest absolute Gasteiger partial charge is 0.237 e. The Bertz CT molecular complexity index is 317. The second kappa shape index (κ2) is 5.50. The van der Waals surface area contributed by atoms with E-state index in [0.29, 0.717) is 6.04 Å². The van der Waals surface area contributed by atoms with E-state index in [-0.39, 0.29) is 18.0 Å². The van der Waals surface area contributed by atoms with Gasteiger partial charge in [-0.2, -0.15) is 5.26 Å². The van der Waals surface area contributed by atoms with Crippen LogP contribution >= 0.6 is 0 Å². The molecule has 2 aliphatic rings. The van der Waals surface area contributed by atoms with Crippen LogP contribution in [0.3, 0.4) is 0 Å². The maximum Gasteiger partial charge on any atom is 0.237 e. The first kappa shape index (κ1) is 12.4. The highest BCUT2D eigenvalue weighted by molar-refractivity contribution is 5.81. The molecule has 1 N–H and O–H groups in total. The number of amides is 1. The fourth-order valence-corrected chi connectivity index (χ4v) is 2.93. The number of rotatable bonds is 3. The van der Waals surface area contributed by atoms with Gasteiger partial charge in [0.2, 0.25) is 5.91 Å². The van der Waals surface area contributed by atoms with Crippen LogP contribution in [-0.4, -0.2) is 35.5 Å². The quantitative estimate of drug-likeness (QED) is 0.805. The second-order valence-electron chi connectivity index (χ2n) is 5.19. The number of hydrogen-bond donors (Lipinski definition) is 1. The molecular weight excluding hydrogens is 214 g/mol. The maximum absolute atomic E-state index is 12.1. The van der Waals surface area contributed by atoms with Crippen LogP contribution in [0, 0.1) is 11.3 Å². The molecule has 4 nitrogen and oxygen atoms in total. The molecule has 0 bridgehead atoms. The van der Waals surface area contributed by atoms with Crippen LogP contribution in [-0.2, 0) is 4.79 Å². The highest BCUT2D eigenvalue weighted by Crippen LogP contribution is 2.21. The third-order valence-corrected chi connectivity index (χ3v) is 4.02. The Labute approximate surface area is 103 Å². The molecule has 0 radical (unpaired) electrons. The van der Waals surface area contributed by atoms with E-state index in [0.717, 1.165) is 32.2 Å². The molecule has 2 unspecified atom stereocenters. The SMILES string of the molecule is CC(C(=O)NC1CCCC1)N1CCCC1C#N. The van der Waals surface area contributed by atoms with Gasteiger partial charge in [-0.15, -0.1) is 0 Å². The monoisotopic (exact) mass is 235 g/mol. The van der Waals surface area contributed by atoms with Crippen LogP contribution < -0.4 is 5.32 Å². The molecule has 1 aliphatic carbocycles. The fourth-order valence-electron chi connectivity index (χ4n) is 2.93. The predicted octanol–water partition coefficient (Wildman–Crippen LogP) is 1.42. The van der Waals surface area contributed by atoms with Gasteiger partial charge in [-0.3, -0.25) is 9.69 Å². The number of nitriles is 1. The van der Waals surface area contributed by atoms with Crippen LogP contribution in [0.2, 0.25) is 0 Å². The molecule has 0 spiro atoms. The molecule has 4 heteroatoms. The summed E-state index contributed by atoms with van der Waals surface area (Å²) in [5.74, 6) is 0.0963. The average Bonchev–Trinajstić information content (AvgIpc) is 2.97. The molecular formula is C13H21N3O. The van der Waals surface area contributed by atoms with E-state index in [2.05, 4.69) is 11.4 Å². The predicted molar refractivity (Wildman–Crippen MR) is 65.2 cm³/mol. The molecule has 1 saturated heterocycles. The molecule has 2 rings (SSSR count). The van der Waals surface area contributed by atoms with Gasteiger partial charge in [0.1, 0.15) is 0 Å². The highest BCUT2D eigenvalue weighted by Gasteiger charge is 2.32. The first-order chi connectivity index (χ1) is 8.22. The van der Waals surface area contributed by atoms with Crippen LogP contribution in [0.25, 0.3) is 0 Å². The van der Waals surface area contributed by atoms with Crippen molar-refractivity contribution < 1.29 is 4.79 Å². The van der Waals surface area contributed by atoms with E-state index >= 15 is 0 Å². The summed E-state index contributed by atoms with van der Waals surface area (Å²) < 4.78 is 0. The minimum absolute atomic E-state index is 0.0701. The molecule has 1 heterocycles. The van der Waals surface area contributed by atoms with Gasteiger partial charge < -0.3 is 5.32 Å². The minimum Gasteiger partial charge on any atom is -0.352 e. The van der Waals surface area contributed by atoms with Gasteiger partial charge in [0.25, 0.3) is 0 Å². The Morgan fingerprint density at radius 3 is 2.71 bits per heavy atom. The van der Waals surface area contributed by atoms with Crippen molar-refractivity contribution in [1.82, 2.24) is 10.2 Å². The molecule has 1 amide bonds. The molecule has 2 atom stereocenters. The molecule has 17 heavy (non-hydrogen) atoms. The zero-order valence-corrected chi connectivity index (χ0v) is 10.5. The Morgan fingerprint density at radius 2 is 2.06 bits per heavy atom. The number of hydrogen-bond acceptors (Lipinski definition) is 3. The van der Waals surface area contributed by atoms with Gasteiger partial charge in [0, 0.05) is 12.6 Å². The zero-order chi connectivity index (χ0) is 12.3. The normalized spacial score (nSPS) is 27.9. The Morgan fingerprint density at radius 1 is 1.35 bits per heavy atom. The van der Waals surface area contributed by atoms with Gasteiger partial charge in [-0.25, -0.2) is 0 Å². The number of carbonyl (C=O) groups excluding carboxylic acids is 1. The van der Waals surface area contributed by atoms with Crippen molar-refractivity contribution in [2.24, 2.45) is 0 Å². The molecule has 1 saturated carbocycles. The van der Waals surface area contributed by atoms with Gasteiger partial charge in [0.05, 0.1) is 18.2 Å². The second-order valence-corrected chi connectivity index (χ2v) is 5.19. The van der Waals surface area contributed by atoms with Crippen molar-refractivity contribution in [2.75, 3.05) is 6.54 Å². The molecule has 0 aromatic rings. The van der Waals surface area contributed by atoms with Crippen LogP contribution in [0.5, 0.6) is 0 Å². The van der Waals surface area contributed by atoms with Crippen LogP contribution in [0.4, 0.5) is 0 Å². The van der Waals surface area contributed by atoms with Crippen molar-refractivity contribution in [3.8, 4) is 6.07 Å². The first-order valence-corrected chi connectivity index (χ1v) is 6.68. The highest BCUT2D eigenvalue weighted by atomic mass is 16.2. The summed E-state index contributed by atoms with van der Waals surface area (Å²) in [7, 11) is 0. The summed E-state index contributed by atoms with van der Waals surface area (Å²) in [4.78, 5) is 14.1. The number of nitrogens with one attached hydrogen (secondary N) is 1. The summed E-state index contributed by atoms with van der Waals surface area (Å²) >= 11 is 0. The van der Waals surface area contributed by atoms with Gasteiger partial charge in [-0.1, -0.05) is 12.8 Å². The van der Waals surface area contributed by atoms with E-state index in [1.807, 2.05) is 11.8 Å². The lowest BCUT2D eigenvalue weighted by Gasteiger charge is -2.27. The van der Waals surface area contributed by atoms with Crippen LogP contribution in [0.15, 0.2) is 0 Å². The third kappa shape index (κ3) is 2.78. The summed E-state index contributed by atoms with van der Waals surface area (Å²) in [5, 5.41) is 12.1. The van der Waals surface area contributed by atoms with Crippen molar-refractivity contribution in [1.29, 1.82) is 5.26 Å². The van der Waals surface area contributed by atoms with E-state index in [1.54, 1.807) is 0 Å². The number of nitrogens with zero attached hydrogens (tertiary/aromatic N) is 2. The molecule has 1 aliphatic heterocycles. The van der Waals surface area contributed by atoms with Gasteiger partial charge in [-0.05, 0) is 32.6 Å². The van der Waals surface area contributed by atoms with E-state index in [9.17, 15) is 4.79 Å². The fraction of sp³-hybridized carbons (Fsp3) is 0.846. The average molecular weight is 235 g/mol. The van der Waals surface area contributed by atoms with Crippen LogP contribution in [0.1, 0.15) is 45.4 Å². The van der Waals surface area contributed by atoms with Crippen molar-refractivity contribution in [3.63, 3.8) is 0 Å². The molecule has 0 aromatic heterocycles. The lowest BCUT2D eigenvalue weighted by Crippen LogP contribution is -2.49. The lowest BCUT2D eigenvalue weighted by atomic mass is 10.2. The van der Waals surface area contributed by atoms with E-state index in [4.69, 9.17) is 5.26 Å². The summed E-state index contributed by atoms with van der Waals surface area (Å²) in [6, 6.07) is 2.42. The summed E-state index contributed by atoms with van der Waals surface area (Å²) in [5.41, 5.74) is 0. The largest absolute Gasteiger partial charge is 0.352 e. The Balaban J connectivity index is 1.87.